The predicted octanol–water partition coefficient (Wildman–Crippen LogP) is 1.90. The van der Waals surface area contributed by atoms with Crippen LogP contribution in [-0.2, 0) is 5.54 Å². The normalized spacial score (nSPS) is 15.4. The van der Waals surface area contributed by atoms with Crippen molar-refractivity contribution in [2.45, 2.75) is 18.9 Å². The molecule has 0 bridgehead atoms. The van der Waals surface area contributed by atoms with Gasteiger partial charge < -0.3 is 10.8 Å². The zero-order valence-corrected chi connectivity index (χ0v) is 8.38. The minimum Gasteiger partial charge on any atom is -0.394 e. The van der Waals surface area contributed by atoms with Crippen LogP contribution in [0.4, 0.5) is 0 Å². The minimum absolute atomic E-state index is 0.0656. The van der Waals surface area contributed by atoms with Gasteiger partial charge in [0.2, 0.25) is 0 Å². The van der Waals surface area contributed by atoms with Crippen LogP contribution in [0.1, 0.15) is 18.9 Å². The van der Waals surface area contributed by atoms with E-state index in [1.165, 1.54) is 0 Å². The molecule has 0 amide bonds. The molecule has 0 saturated heterocycles. The molecule has 3 N–H and O–H groups in total. The summed E-state index contributed by atoms with van der Waals surface area (Å²) in [6.45, 7) is 1.88. The zero-order chi connectivity index (χ0) is 9.90. The van der Waals surface area contributed by atoms with Crippen molar-refractivity contribution in [2.75, 3.05) is 6.61 Å². The molecule has 0 radical (unpaired) electrons. The molecule has 1 atom stereocenters. The van der Waals surface area contributed by atoms with E-state index in [0.29, 0.717) is 11.4 Å². The van der Waals surface area contributed by atoms with Crippen molar-refractivity contribution in [2.24, 2.45) is 5.73 Å². The Morgan fingerprint density at radius 1 is 1.54 bits per heavy atom. The molecule has 0 spiro atoms. The third-order valence-corrected chi connectivity index (χ3v) is 2.55. The van der Waals surface area contributed by atoms with E-state index >= 15 is 0 Å². The summed E-state index contributed by atoms with van der Waals surface area (Å²) in [5, 5.41) is 9.81. The molecule has 0 aliphatic heterocycles. The average Bonchev–Trinajstić information content (AvgIpc) is 2.17. The number of halogens is 1. The summed E-state index contributed by atoms with van der Waals surface area (Å²) in [5.41, 5.74) is 6.20. The van der Waals surface area contributed by atoms with Crippen molar-refractivity contribution in [3.05, 3.63) is 34.9 Å². The van der Waals surface area contributed by atoms with E-state index in [0.717, 1.165) is 5.56 Å². The first-order valence-electron chi connectivity index (χ1n) is 4.28. The van der Waals surface area contributed by atoms with Gasteiger partial charge in [0, 0.05) is 5.02 Å². The smallest absolute Gasteiger partial charge is 0.0653 e. The van der Waals surface area contributed by atoms with Crippen molar-refractivity contribution < 1.29 is 5.11 Å². The topological polar surface area (TPSA) is 46.2 Å². The monoisotopic (exact) mass is 199 g/mol. The molecule has 2 nitrogen and oxygen atoms in total. The van der Waals surface area contributed by atoms with Gasteiger partial charge in [0.25, 0.3) is 0 Å². The fourth-order valence-corrected chi connectivity index (χ4v) is 1.40. The van der Waals surface area contributed by atoms with Crippen LogP contribution in [0.3, 0.4) is 0 Å². The van der Waals surface area contributed by atoms with Gasteiger partial charge in [0.05, 0.1) is 12.1 Å². The van der Waals surface area contributed by atoms with Crippen LogP contribution in [0.2, 0.25) is 5.02 Å². The van der Waals surface area contributed by atoms with Gasteiger partial charge in [-0.15, -0.1) is 0 Å². The fraction of sp³-hybridized carbons (Fsp3) is 0.400. The fourth-order valence-electron chi connectivity index (χ4n) is 1.21. The number of nitrogens with two attached hydrogens (primary N) is 1. The summed E-state index contributed by atoms with van der Waals surface area (Å²) in [4.78, 5) is 0. The second-order valence-electron chi connectivity index (χ2n) is 3.18. The lowest BCUT2D eigenvalue weighted by Gasteiger charge is -2.26. The van der Waals surface area contributed by atoms with E-state index in [2.05, 4.69) is 0 Å². The van der Waals surface area contributed by atoms with E-state index in [1.807, 2.05) is 19.1 Å². The highest BCUT2D eigenvalue weighted by atomic mass is 35.5. The van der Waals surface area contributed by atoms with Crippen LogP contribution >= 0.6 is 11.6 Å². The van der Waals surface area contributed by atoms with Crippen LogP contribution in [-0.4, -0.2) is 11.7 Å². The van der Waals surface area contributed by atoms with Gasteiger partial charge in [-0.3, -0.25) is 0 Å². The number of benzene rings is 1. The Bertz CT molecular complexity index is 284. The summed E-state index contributed by atoms with van der Waals surface area (Å²) in [5.74, 6) is 0. The zero-order valence-electron chi connectivity index (χ0n) is 7.63. The van der Waals surface area contributed by atoms with Crippen LogP contribution in [0.25, 0.3) is 0 Å². The van der Waals surface area contributed by atoms with E-state index in [4.69, 9.17) is 22.4 Å². The van der Waals surface area contributed by atoms with Crippen LogP contribution in [0, 0.1) is 0 Å². The number of rotatable bonds is 3. The highest BCUT2D eigenvalue weighted by Crippen LogP contribution is 2.23. The Labute approximate surface area is 83.3 Å². The second-order valence-corrected chi connectivity index (χ2v) is 3.61. The highest BCUT2D eigenvalue weighted by Gasteiger charge is 2.23. The number of aliphatic hydroxyl groups excluding tert-OH is 1. The third kappa shape index (κ3) is 2.21. The van der Waals surface area contributed by atoms with E-state index in [1.54, 1.807) is 12.1 Å². The van der Waals surface area contributed by atoms with Gasteiger partial charge in [-0.05, 0) is 24.1 Å². The Kier molecular flexibility index (Phi) is 3.31. The third-order valence-electron chi connectivity index (χ3n) is 2.31. The van der Waals surface area contributed by atoms with E-state index < -0.39 is 5.54 Å². The summed E-state index contributed by atoms with van der Waals surface area (Å²) < 4.78 is 0. The Hall–Kier alpha value is -0.570. The first-order valence-corrected chi connectivity index (χ1v) is 4.66. The maximum atomic E-state index is 9.16. The maximum Gasteiger partial charge on any atom is 0.0653 e. The molecule has 1 aromatic carbocycles. The first kappa shape index (κ1) is 10.5. The summed E-state index contributed by atoms with van der Waals surface area (Å²) >= 11 is 5.83. The maximum absolute atomic E-state index is 9.16. The SMILES string of the molecule is CCC(N)(CO)c1cccc(Cl)c1. The van der Waals surface area contributed by atoms with Crippen LogP contribution in [0.5, 0.6) is 0 Å². The number of aliphatic hydroxyl groups is 1. The van der Waals surface area contributed by atoms with Crippen molar-refractivity contribution in [1.82, 2.24) is 0 Å². The molecule has 0 aliphatic rings. The highest BCUT2D eigenvalue weighted by molar-refractivity contribution is 6.30. The molecule has 72 valence electrons. The minimum atomic E-state index is -0.662. The van der Waals surface area contributed by atoms with E-state index in [-0.39, 0.29) is 6.61 Å². The molecule has 1 rings (SSSR count). The molecule has 0 heterocycles. The largest absolute Gasteiger partial charge is 0.394 e. The summed E-state index contributed by atoms with van der Waals surface area (Å²) in [6, 6.07) is 7.30. The summed E-state index contributed by atoms with van der Waals surface area (Å²) in [7, 11) is 0. The number of hydrogen-bond donors (Lipinski definition) is 2. The molecule has 1 aromatic rings. The van der Waals surface area contributed by atoms with Gasteiger partial charge in [-0.1, -0.05) is 30.7 Å². The molecule has 0 saturated carbocycles. The molecule has 0 aromatic heterocycles. The lowest BCUT2D eigenvalue weighted by molar-refractivity contribution is 0.192. The molecular weight excluding hydrogens is 186 g/mol. The lowest BCUT2D eigenvalue weighted by Crippen LogP contribution is -2.39. The molecular formula is C10H14ClNO. The number of hydrogen-bond acceptors (Lipinski definition) is 2. The van der Waals surface area contributed by atoms with Gasteiger partial charge >= 0.3 is 0 Å². The summed E-state index contributed by atoms with van der Waals surface area (Å²) in [6.07, 6.45) is 0.684. The molecule has 13 heavy (non-hydrogen) atoms. The first-order chi connectivity index (χ1) is 6.12. The lowest BCUT2D eigenvalue weighted by atomic mass is 9.89. The van der Waals surface area contributed by atoms with Crippen molar-refractivity contribution in [1.29, 1.82) is 0 Å². The molecule has 0 fully saturated rings. The van der Waals surface area contributed by atoms with Gasteiger partial charge in [-0.25, -0.2) is 0 Å². The molecule has 1 unspecified atom stereocenters. The van der Waals surface area contributed by atoms with Crippen LogP contribution < -0.4 is 5.73 Å². The van der Waals surface area contributed by atoms with Crippen LogP contribution in [0.15, 0.2) is 24.3 Å². The Balaban J connectivity index is 3.05. The second kappa shape index (κ2) is 4.09. The molecule has 0 aliphatic carbocycles. The van der Waals surface area contributed by atoms with E-state index in [9.17, 15) is 0 Å². The van der Waals surface area contributed by atoms with Gasteiger partial charge in [0.1, 0.15) is 0 Å². The van der Waals surface area contributed by atoms with Crippen molar-refractivity contribution in [3.63, 3.8) is 0 Å². The quantitative estimate of drug-likeness (QED) is 0.781. The predicted molar refractivity (Wildman–Crippen MR) is 54.7 cm³/mol. The standard InChI is InChI=1S/C10H14ClNO/c1-2-10(12,7-13)8-4-3-5-9(11)6-8/h3-6,13H,2,7,12H2,1H3. The Morgan fingerprint density at radius 3 is 2.69 bits per heavy atom. The van der Waals surface area contributed by atoms with Gasteiger partial charge in [0.15, 0.2) is 0 Å². The average molecular weight is 200 g/mol. The Morgan fingerprint density at radius 2 is 2.23 bits per heavy atom. The van der Waals surface area contributed by atoms with Crippen molar-refractivity contribution >= 4 is 11.6 Å². The molecule has 3 heteroatoms. The van der Waals surface area contributed by atoms with Crippen molar-refractivity contribution in [3.8, 4) is 0 Å². The van der Waals surface area contributed by atoms with Gasteiger partial charge in [-0.2, -0.15) is 0 Å².